The summed E-state index contributed by atoms with van der Waals surface area (Å²) in [6.45, 7) is 1.80. The van der Waals surface area contributed by atoms with Gasteiger partial charge in [-0.1, -0.05) is 6.07 Å². The Morgan fingerprint density at radius 2 is 2.00 bits per heavy atom. The molecule has 2 N–H and O–H groups in total. The molecule has 0 bridgehead atoms. The first kappa shape index (κ1) is 12.4. The molecule has 7 nitrogen and oxygen atoms in total. The van der Waals surface area contributed by atoms with E-state index in [1.807, 2.05) is 0 Å². The van der Waals surface area contributed by atoms with E-state index in [1.165, 1.54) is 12.4 Å². The van der Waals surface area contributed by atoms with Crippen LogP contribution < -0.4 is 5.73 Å². The van der Waals surface area contributed by atoms with Gasteiger partial charge >= 0.3 is 0 Å². The predicted molar refractivity (Wildman–Crippen MR) is 71.2 cm³/mol. The van der Waals surface area contributed by atoms with Crippen LogP contribution in [-0.4, -0.2) is 27.3 Å². The molecule has 0 amide bonds. The standard InChI is InChI=1S/C12H9N5O2S/c1-8-2-4-9(5-3-8)20(18,19)17-7-16-10-11(13)14-6-15-12(10)17/h2,4,6-7H,1H3,(H2,13,14,15). The normalized spacial score (nSPS) is 11.4. The first-order valence-electron chi connectivity index (χ1n) is 5.60. The summed E-state index contributed by atoms with van der Waals surface area (Å²) in [5.41, 5.74) is 6.81. The van der Waals surface area contributed by atoms with Gasteiger partial charge in [-0.15, -0.1) is 0 Å². The molecular formula is C12H9N5O2S. The maximum Gasteiger partial charge on any atom is 0.278 e. The predicted octanol–water partition coefficient (Wildman–Crippen LogP) is 0.554. The molecular weight excluding hydrogens is 278 g/mol. The van der Waals surface area contributed by atoms with E-state index in [-0.39, 0.29) is 21.9 Å². The minimum Gasteiger partial charge on any atom is -0.382 e. The molecule has 0 saturated heterocycles. The lowest BCUT2D eigenvalue weighted by Gasteiger charge is -2.04. The number of aryl methyl sites for hydroxylation is 1. The van der Waals surface area contributed by atoms with Crippen molar-refractivity contribution in [1.29, 1.82) is 0 Å². The third-order valence-electron chi connectivity index (χ3n) is 2.74. The van der Waals surface area contributed by atoms with Crippen molar-refractivity contribution in [3.8, 4) is 0 Å². The third kappa shape index (κ3) is 1.76. The molecule has 0 atom stereocenters. The highest BCUT2D eigenvalue weighted by Gasteiger charge is 2.21. The fourth-order valence-electron chi connectivity index (χ4n) is 1.71. The van der Waals surface area contributed by atoms with Gasteiger partial charge in [-0.25, -0.2) is 18.9 Å². The molecule has 0 radical (unpaired) electrons. The highest BCUT2D eigenvalue weighted by molar-refractivity contribution is 7.90. The molecule has 2 heterocycles. The fraction of sp³-hybridized carbons (Fsp3) is 0.0833. The SMILES string of the molecule is Cc1c#cc(S(=O)(=O)n2cnc3c(N)ncnc32)cc1. The van der Waals surface area contributed by atoms with Crippen molar-refractivity contribution in [2.75, 3.05) is 5.73 Å². The van der Waals surface area contributed by atoms with Crippen LogP contribution in [-0.2, 0) is 10.0 Å². The number of imidazole rings is 1. The second kappa shape index (κ2) is 4.18. The van der Waals surface area contributed by atoms with Gasteiger partial charge in [0, 0.05) is 0 Å². The molecule has 0 unspecified atom stereocenters. The molecule has 2 aromatic heterocycles. The Kier molecular flexibility index (Phi) is 2.59. The minimum atomic E-state index is -3.83. The number of nitrogen functional groups attached to an aromatic ring is 1. The van der Waals surface area contributed by atoms with Crippen LogP contribution in [0.25, 0.3) is 11.2 Å². The smallest absolute Gasteiger partial charge is 0.278 e. The monoisotopic (exact) mass is 287 g/mol. The Balaban J connectivity index is 2.24. The Hall–Kier alpha value is -2.66. The Labute approximate surface area is 115 Å². The minimum absolute atomic E-state index is 0.0143. The van der Waals surface area contributed by atoms with Gasteiger partial charge in [0.2, 0.25) is 0 Å². The van der Waals surface area contributed by atoms with E-state index in [9.17, 15) is 8.42 Å². The largest absolute Gasteiger partial charge is 0.382 e. The van der Waals surface area contributed by atoms with E-state index in [4.69, 9.17) is 5.73 Å². The first-order valence-corrected chi connectivity index (χ1v) is 7.04. The maximum absolute atomic E-state index is 12.5. The van der Waals surface area contributed by atoms with Crippen molar-refractivity contribution >= 4 is 27.0 Å². The van der Waals surface area contributed by atoms with Gasteiger partial charge in [0.1, 0.15) is 17.6 Å². The van der Waals surface area contributed by atoms with Gasteiger partial charge in [0.05, 0.1) is 0 Å². The summed E-state index contributed by atoms with van der Waals surface area (Å²) in [6.07, 6.45) is 2.34. The molecule has 0 spiro atoms. The van der Waals surface area contributed by atoms with Gasteiger partial charge in [-0.3, -0.25) is 0 Å². The molecule has 8 heteroatoms. The number of fused-ring (bicyclic) bond motifs is 1. The van der Waals surface area contributed by atoms with E-state index in [0.29, 0.717) is 0 Å². The highest BCUT2D eigenvalue weighted by atomic mass is 32.2. The van der Waals surface area contributed by atoms with Crippen molar-refractivity contribution in [3.05, 3.63) is 42.5 Å². The van der Waals surface area contributed by atoms with Crippen molar-refractivity contribution in [2.45, 2.75) is 11.8 Å². The van der Waals surface area contributed by atoms with E-state index in [0.717, 1.165) is 15.9 Å². The molecule has 100 valence electrons. The number of anilines is 1. The zero-order valence-corrected chi connectivity index (χ0v) is 11.2. The molecule has 3 aromatic rings. The number of hydrogen-bond donors (Lipinski definition) is 1. The highest BCUT2D eigenvalue weighted by Crippen LogP contribution is 2.19. The average Bonchev–Trinajstić information content (AvgIpc) is 2.85. The summed E-state index contributed by atoms with van der Waals surface area (Å²) < 4.78 is 26.0. The maximum atomic E-state index is 12.5. The van der Waals surface area contributed by atoms with Gasteiger partial charge < -0.3 is 5.73 Å². The van der Waals surface area contributed by atoms with Crippen LogP contribution >= 0.6 is 0 Å². The molecule has 1 aromatic carbocycles. The second-order valence-electron chi connectivity index (χ2n) is 4.11. The number of aromatic nitrogens is 4. The van der Waals surface area contributed by atoms with Crippen LogP contribution in [0.4, 0.5) is 5.82 Å². The van der Waals surface area contributed by atoms with Crippen LogP contribution in [0, 0.1) is 19.1 Å². The molecule has 0 fully saturated rings. The summed E-state index contributed by atoms with van der Waals surface area (Å²) in [5, 5.41) is 0. The second-order valence-corrected chi connectivity index (χ2v) is 5.89. The summed E-state index contributed by atoms with van der Waals surface area (Å²) in [5.74, 6) is 0.128. The van der Waals surface area contributed by atoms with Crippen LogP contribution in [0.3, 0.4) is 0 Å². The molecule has 0 aliphatic carbocycles. The zero-order chi connectivity index (χ0) is 14.3. The molecule has 20 heavy (non-hydrogen) atoms. The molecule has 3 rings (SSSR count). The van der Waals surface area contributed by atoms with E-state index >= 15 is 0 Å². The van der Waals surface area contributed by atoms with Crippen LogP contribution in [0.2, 0.25) is 0 Å². The summed E-state index contributed by atoms with van der Waals surface area (Å²) in [4.78, 5) is 11.6. The van der Waals surface area contributed by atoms with Crippen LogP contribution in [0.5, 0.6) is 0 Å². The van der Waals surface area contributed by atoms with Gasteiger partial charge in [0.25, 0.3) is 10.0 Å². The Bertz CT molecular complexity index is 884. The van der Waals surface area contributed by atoms with Crippen molar-refractivity contribution < 1.29 is 8.42 Å². The lowest BCUT2D eigenvalue weighted by molar-refractivity contribution is 0.588. The van der Waals surface area contributed by atoms with Crippen molar-refractivity contribution in [1.82, 2.24) is 18.9 Å². The lowest BCUT2D eigenvalue weighted by atomic mass is 10.3. The van der Waals surface area contributed by atoms with Crippen molar-refractivity contribution in [3.63, 3.8) is 0 Å². The zero-order valence-electron chi connectivity index (χ0n) is 10.4. The quantitative estimate of drug-likeness (QED) is 0.738. The third-order valence-corrected chi connectivity index (χ3v) is 4.32. The Morgan fingerprint density at radius 3 is 2.70 bits per heavy atom. The van der Waals surface area contributed by atoms with Crippen LogP contribution in [0.15, 0.2) is 29.7 Å². The van der Waals surface area contributed by atoms with E-state index < -0.39 is 10.0 Å². The van der Waals surface area contributed by atoms with E-state index in [1.54, 1.807) is 13.0 Å². The number of rotatable bonds is 2. The van der Waals surface area contributed by atoms with Gasteiger partial charge in [-0.05, 0) is 30.7 Å². The Morgan fingerprint density at radius 1 is 1.20 bits per heavy atom. The molecule has 0 saturated carbocycles. The van der Waals surface area contributed by atoms with Gasteiger partial charge in [-0.2, -0.15) is 8.42 Å². The number of nitrogens with two attached hydrogens (primary N) is 1. The number of hydrogen-bond acceptors (Lipinski definition) is 6. The lowest BCUT2D eigenvalue weighted by Crippen LogP contribution is -2.12. The topological polar surface area (TPSA) is 104 Å². The average molecular weight is 287 g/mol. The van der Waals surface area contributed by atoms with Crippen LogP contribution in [0.1, 0.15) is 5.56 Å². The van der Waals surface area contributed by atoms with Gasteiger partial charge in [0.15, 0.2) is 17.0 Å². The van der Waals surface area contributed by atoms with Crippen molar-refractivity contribution in [2.24, 2.45) is 0 Å². The first-order chi connectivity index (χ1) is 9.50. The summed E-state index contributed by atoms with van der Waals surface area (Å²) >= 11 is 0. The fourth-order valence-corrected chi connectivity index (χ4v) is 2.87. The summed E-state index contributed by atoms with van der Waals surface area (Å²) in [7, 11) is -3.83. The number of nitrogens with zero attached hydrogens (tertiary/aromatic N) is 4. The molecule has 0 aliphatic rings. The summed E-state index contributed by atoms with van der Waals surface area (Å²) in [6, 6.07) is 8.44. The van der Waals surface area contributed by atoms with E-state index in [2.05, 4.69) is 27.1 Å². The molecule has 0 aliphatic heterocycles.